The Bertz CT molecular complexity index is 1270. The maximum absolute atomic E-state index is 8.67. The number of hydrogen-bond acceptors (Lipinski definition) is 0. The first-order chi connectivity index (χ1) is 21.2. The van der Waals surface area contributed by atoms with Crippen LogP contribution in [0.5, 0.6) is 0 Å². The van der Waals surface area contributed by atoms with E-state index in [2.05, 4.69) is 88.6 Å². The average molecular weight is 728 g/mol. The Balaban J connectivity index is 1.87. The first kappa shape index (κ1) is 35.9. The Hall–Kier alpha value is -0.920. The fourth-order valence-corrected chi connectivity index (χ4v) is 39.5. The summed E-state index contributed by atoms with van der Waals surface area (Å²) in [7, 11) is 17.3. The van der Waals surface area contributed by atoms with Gasteiger partial charge in [0.25, 0.3) is 0 Å². The van der Waals surface area contributed by atoms with Gasteiger partial charge in [0, 0.05) is 0 Å². The zero-order valence-electron chi connectivity index (χ0n) is 28.1. The molecule has 0 fully saturated rings. The normalized spacial score (nSPS) is 18.4. The van der Waals surface area contributed by atoms with E-state index in [-0.39, 0.29) is 7.25 Å². The summed E-state index contributed by atoms with van der Waals surface area (Å²) in [5.41, 5.74) is 11.9. The van der Waals surface area contributed by atoms with Crippen LogP contribution >= 0.6 is 17.0 Å². The molecule has 2 aliphatic rings. The minimum atomic E-state index is -4.69. The van der Waals surface area contributed by atoms with E-state index in [1.54, 1.807) is 11.1 Å². The Morgan fingerprint density at radius 2 is 1.09 bits per heavy atom. The topological polar surface area (TPSA) is 0 Å². The van der Waals surface area contributed by atoms with Crippen LogP contribution in [0, 0.1) is 0 Å². The number of allylic oxidation sites excluding steroid dienone is 4. The number of rotatable bonds is 19. The number of benzene rings is 2. The molecule has 0 spiro atoms. The Morgan fingerprint density at radius 1 is 0.659 bits per heavy atom. The molecule has 0 saturated heterocycles. The van der Waals surface area contributed by atoms with Gasteiger partial charge in [0.1, 0.15) is 0 Å². The molecule has 4 heteroatoms. The molecule has 0 saturated carbocycles. The van der Waals surface area contributed by atoms with E-state index in [0.29, 0.717) is 0 Å². The van der Waals surface area contributed by atoms with Crippen LogP contribution in [0.2, 0.25) is 13.1 Å². The number of hydrogen-bond donors (Lipinski definition) is 0. The standard InChI is InChI=1S/2C19H25.C2H7Si.2ClH.Zr/c2*1-3-5-7-8-11-17-12-9-13-18-14-16(10-6-4-2)15-19(17)18;1-3-2;;;/h2*3,9,12-15H,1,4-8,10-11H2,2H3;3H,1-2H3;2*1H;/q;;;;;+2/p-2. The summed E-state index contributed by atoms with van der Waals surface area (Å²) < 4.78 is 0.414. The fourth-order valence-electron chi connectivity index (χ4n) is 8.03. The van der Waals surface area contributed by atoms with Gasteiger partial charge < -0.3 is 0 Å². The molecule has 2 atom stereocenters. The van der Waals surface area contributed by atoms with Crippen molar-refractivity contribution in [3.05, 3.63) is 106 Å². The van der Waals surface area contributed by atoms with Crippen molar-refractivity contribution in [2.24, 2.45) is 0 Å². The van der Waals surface area contributed by atoms with Crippen LogP contribution in [-0.2, 0) is 28.4 Å². The van der Waals surface area contributed by atoms with Crippen molar-refractivity contribution < 1.29 is 15.6 Å². The van der Waals surface area contributed by atoms with Crippen molar-refractivity contribution in [3.8, 4) is 0 Å². The first-order valence-electron chi connectivity index (χ1n) is 17.7. The monoisotopic (exact) mass is 725 g/mol. The summed E-state index contributed by atoms with van der Waals surface area (Å²) in [5.74, 6) is -1.54. The third kappa shape index (κ3) is 7.30. The van der Waals surface area contributed by atoms with Crippen molar-refractivity contribution >= 4 is 35.1 Å². The Morgan fingerprint density at radius 3 is 1.45 bits per heavy atom. The van der Waals surface area contributed by atoms with Gasteiger partial charge in [-0.25, -0.2) is 0 Å². The Labute approximate surface area is 278 Å². The van der Waals surface area contributed by atoms with Gasteiger partial charge in [-0.15, -0.1) is 0 Å². The molecule has 0 aliphatic heterocycles. The van der Waals surface area contributed by atoms with Crippen molar-refractivity contribution in [1.82, 2.24) is 0 Å². The van der Waals surface area contributed by atoms with Crippen LogP contribution in [0.3, 0.4) is 0 Å². The molecular formula is C40H57Cl2SiZr. The molecule has 239 valence electrons. The van der Waals surface area contributed by atoms with E-state index in [1.807, 2.05) is 12.2 Å². The third-order valence-corrected chi connectivity index (χ3v) is 62.4. The van der Waals surface area contributed by atoms with Crippen LogP contribution in [0.15, 0.2) is 72.9 Å². The summed E-state index contributed by atoms with van der Waals surface area (Å²) in [6.07, 6.45) is 25.3. The summed E-state index contributed by atoms with van der Waals surface area (Å²) in [6, 6.07) is 14.1. The number of aryl methyl sites for hydroxylation is 2. The molecule has 0 nitrogen and oxygen atoms in total. The second kappa shape index (κ2) is 16.3. The molecule has 0 bridgehead atoms. The van der Waals surface area contributed by atoms with Crippen molar-refractivity contribution in [2.75, 3.05) is 0 Å². The van der Waals surface area contributed by atoms with Gasteiger partial charge in [-0.05, 0) is 0 Å². The van der Waals surface area contributed by atoms with Gasteiger partial charge >= 0.3 is 281 Å². The molecule has 0 amide bonds. The predicted octanol–water partition coefficient (Wildman–Crippen LogP) is 13.4. The van der Waals surface area contributed by atoms with E-state index < -0.39 is 21.5 Å². The van der Waals surface area contributed by atoms with E-state index in [0.717, 1.165) is 38.5 Å². The average Bonchev–Trinajstić information content (AvgIpc) is 3.59. The van der Waals surface area contributed by atoms with Crippen LogP contribution in [0.1, 0.15) is 132 Å². The zero-order valence-corrected chi connectivity index (χ0v) is 33.2. The molecule has 4 rings (SSSR count). The van der Waals surface area contributed by atoms with E-state index in [1.165, 1.54) is 84.7 Å². The maximum atomic E-state index is 8.67. The SMILES string of the molecule is C=CCCCCc1cccc2c1C=C(CCCC)[CH]2[Zr]([Cl])([Cl])([CH]1C(CCCC)=Cc2c(CCCCC=C)cccc21)[SiH](C)C. The number of halogens is 2. The van der Waals surface area contributed by atoms with Gasteiger partial charge in [-0.3, -0.25) is 0 Å². The molecule has 44 heavy (non-hydrogen) atoms. The quantitative estimate of drug-likeness (QED) is 0.0768. The van der Waals surface area contributed by atoms with Crippen LogP contribution in [-0.4, -0.2) is 5.92 Å². The second-order valence-electron chi connectivity index (χ2n) is 13.8. The summed E-state index contributed by atoms with van der Waals surface area (Å²) in [5, 5.41) is 0. The predicted molar refractivity (Wildman–Crippen MR) is 199 cm³/mol. The molecule has 2 unspecified atom stereocenters. The second-order valence-corrected chi connectivity index (χ2v) is 56.3. The van der Waals surface area contributed by atoms with E-state index >= 15 is 0 Å². The van der Waals surface area contributed by atoms with Crippen LogP contribution in [0.4, 0.5) is 0 Å². The van der Waals surface area contributed by atoms with E-state index in [4.69, 9.17) is 17.0 Å². The van der Waals surface area contributed by atoms with Crippen LogP contribution in [0.25, 0.3) is 12.2 Å². The van der Waals surface area contributed by atoms with Gasteiger partial charge in [0.05, 0.1) is 0 Å². The molecule has 2 aromatic rings. The van der Waals surface area contributed by atoms with Gasteiger partial charge in [0.15, 0.2) is 0 Å². The molecule has 0 N–H and O–H groups in total. The van der Waals surface area contributed by atoms with Gasteiger partial charge in [-0.2, -0.15) is 0 Å². The zero-order chi connectivity index (χ0) is 31.8. The van der Waals surface area contributed by atoms with Crippen molar-refractivity contribution in [2.45, 2.75) is 124 Å². The molecule has 0 radical (unpaired) electrons. The molecule has 2 aliphatic carbocycles. The van der Waals surface area contributed by atoms with E-state index in [9.17, 15) is 0 Å². The van der Waals surface area contributed by atoms with Crippen molar-refractivity contribution in [1.29, 1.82) is 0 Å². The molecular weight excluding hydrogens is 671 g/mol. The molecule has 0 heterocycles. The molecule has 2 aromatic carbocycles. The third-order valence-electron chi connectivity index (χ3n) is 10.5. The summed E-state index contributed by atoms with van der Waals surface area (Å²) in [6.45, 7) is 17.5. The van der Waals surface area contributed by atoms with Gasteiger partial charge in [0.2, 0.25) is 0 Å². The minimum absolute atomic E-state index is 0.207. The first-order valence-corrected chi connectivity index (χ1v) is 34.0. The fraction of sp³-hybridized carbons (Fsp3) is 0.500. The van der Waals surface area contributed by atoms with Crippen molar-refractivity contribution in [3.63, 3.8) is 0 Å². The van der Waals surface area contributed by atoms with Gasteiger partial charge in [-0.1, -0.05) is 0 Å². The summed E-state index contributed by atoms with van der Waals surface area (Å²) in [4.78, 5) is 0. The number of fused-ring (bicyclic) bond motifs is 2. The number of unbranched alkanes of at least 4 members (excludes halogenated alkanes) is 6. The van der Waals surface area contributed by atoms with Crippen LogP contribution < -0.4 is 0 Å². The summed E-state index contributed by atoms with van der Waals surface area (Å²) >= 11 is -4.69. The molecule has 0 aromatic heterocycles. The Kier molecular flexibility index (Phi) is 13.3.